The van der Waals surface area contributed by atoms with Crippen molar-refractivity contribution in [2.24, 2.45) is 0 Å². The first-order chi connectivity index (χ1) is 9.42. The van der Waals surface area contributed by atoms with Crippen LogP contribution in [-0.4, -0.2) is 56.4 Å². The molecular formula is C15H23ClN2O2. The molecule has 0 radical (unpaired) electrons. The molecule has 2 fully saturated rings. The van der Waals surface area contributed by atoms with Gasteiger partial charge in [0.15, 0.2) is 0 Å². The third kappa shape index (κ3) is 4.17. The largest absolute Gasteiger partial charge is 0.378 e. The Balaban J connectivity index is 0.00000147. The molecule has 0 amide bonds. The fraction of sp³-hybridized carbons (Fsp3) is 0.600. The van der Waals surface area contributed by atoms with Crippen LogP contribution in [0.1, 0.15) is 5.56 Å². The summed E-state index contributed by atoms with van der Waals surface area (Å²) >= 11 is 0. The number of fused-ring (bicyclic) bond motifs is 1. The van der Waals surface area contributed by atoms with Crippen LogP contribution in [-0.2, 0) is 16.1 Å². The van der Waals surface area contributed by atoms with E-state index in [9.17, 15) is 0 Å². The van der Waals surface area contributed by atoms with Gasteiger partial charge in [-0.3, -0.25) is 4.90 Å². The molecule has 2 atom stereocenters. The van der Waals surface area contributed by atoms with Crippen molar-refractivity contribution in [1.82, 2.24) is 10.2 Å². The molecule has 1 aromatic rings. The van der Waals surface area contributed by atoms with Crippen molar-refractivity contribution in [3.8, 4) is 0 Å². The summed E-state index contributed by atoms with van der Waals surface area (Å²) < 4.78 is 11.3. The van der Waals surface area contributed by atoms with E-state index in [4.69, 9.17) is 9.47 Å². The van der Waals surface area contributed by atoms with Gasteiger partial charge in [0, 0.05) is 31.7 Å². The van der Waals surface area contributed by atoms with Gasteiger partial charge in [-0.25, -0.2) is 0 Å². The normalized spacial score (nSPS) is 26.6. The van der Waals surface area contributed by atoms with Crippen LogP contribution in [0, 0.1) is 0 Å². The number of rotatable bonds is 4. The lowest BCUT2D eigenvalue weighted by molar-refractivity contribution is -0.0363. The van der Waals surface area contributed by atoms with Crippen molar-refractivity contribution in [3.05, 3.63) is 35.9 Å². The van der Waals surface area contributed by atoms with E-state index in [1.165, 1.54) is 5.56 Å². The number of morpholine rings is 1. The van der Waals surface area contributed by atoms with E-state index in [1.807, 2.05) is 6.07 Å². The zero-order valence-corrected chi connectivity index (χ0v) is 12.5. The van der Waals surface area contributed by atoms with E-state index < -0.39 is 0 Å². The second kappa shape index (κ2) is 7.96. The number of hydrogen-bond acceptors (Lipinski definition) is 4. The first-order valence-corrected chi connectivity index (χ1v) is 7.08. The second-order valence-electron chi connectivity index (χ2n) is 5.33. The molecule has 112 valence electrons. The summed E-state index contributed by atoms with van der Waals surface area (Å²) in [4.78, 5) is 2.52. The molecule has 2 unspecified atom stereocenters. The van der Waals surface area contributed by atoms with Crippen LogP contribution in [0.5, 0.6) is 0 Å². The van der Waals surface area contributed by atoms with Gasteiger partial charge in [0.2, 0.25) is 0 Å². The summed E-state index contributed by atoms with van der Waals surface area (Å²) in [5, 5.41) is 3.56. The molecule has 0 saturated carbocycles. The topological polar surface area (TPSA) is 33.7 Å². The lowest BCUT2D eigenvalue weighted by Crippen LogP contribution is -2.61. The van der Waals surface area contributed by atoms with Gasteiger partial charge >= 0.3 is 0 Å². The van der Waals surface area contributed by atoms with Crippen LogP contribution < -0.4 is 5.32 Å². The Morgan fingerprint density at radius 1 is 1.30 bits per heavy atom. The summed E-state index contributed by atoms with van der Waals surface area (Å²) in [6.07, 6.45) is 0. The predicted octanol–water partition coefficient (Wildman–Crippen LogP) is 1.30. The fourth-order valence-electron chi connectivity index (χ4n) is 2.77. The number of hydrogen-bond donors (Lipinski definition) is 1. The van der Waals surface area contributed by atoms with Crippen molar-refractivity contribution in [2.45, 2.75) is 18.7 Å². The first-order valence-electron chi connectivity index (χ1n) is 7.08. The monoisotopic (exact) mass is 298 g/mol. The van der Waals surface area contributed by atoms with Gasteiger partial charge in [0.25, 0.3) is 0 Å². The highest BCUT2D eigenvalue weighted by Gasteiger charge is 2.29. The molecule has 4 nitrogen and oxygen atoms in total. The molecule has 20 heavy (non-hydrogen) atoms. The Hall–Kier alpha value is -0.650. The highest BCUT2D eigenvalue weighted by atomic mass is 35.5. The number of nitrogens with zero attached hydrogens (tertiary/aromatic N) is 1. The molecule has 2 heterocycles. The highest BCUT2D eigenvalue weighted by molar-refractivity contribution is 5.85. The third-order valence-corrected chi connectivity index (χ3v) is 3.88. The lowest BCUT2D eigenvalue weighted by atomic mass is 10.1. The number of nitrogens with one attached hydrogen (secondary N) is 1. The second-order valence-corrected chi connectivity index (χ2v) is 5.33. The van der Waals surface area contributed by atoms with Crippen molar-refractivity contribution >= 4 is 12.4 Å². The zero-order chi connectivity index (χ0) is 12.9. The van der Waals surface area contributed by atoms with Gasteiger partial charge in [-0.05, 0) is 5.56 Å². The van der Waals surface area contributed by atoms with Crippen LogP contribution in [0.15, 0.2) is 30.3 Å². The number of benzene rings is 1. The molecular weight excluding hydrogens is 276 g/mol. The average molecular weight is 299 g/mol. The van der Waals surface area contributed by atoms with Gasteiger partial charge < -0.3 is 14.8 Å². The van der Waals surface area contributed by atoms with E-state index in [2.05, 4.69) is 34.5 Å². The van der Waals surface area contributed by atoms with Crippen LogP contribution in [0.4, 0.5) is 0 Å². The molecule has 1 N–H and O–H groups in total. The van der Waals surface area contributed by atoms with Gasteiger partial charge in [-0.2, -0.15) is 0 Å². The van der Waals surface area contributed by atoms with Crippen LogP contribution in [0.3, 0.4) is 0 Å². The number of halogens is 1. The van der Waals surface area contributed by atoms with Crippen LogP contribution >= 0.6 is 12.4 Å². The number of ether oxygens (including phenoxy) is 2. The van der Waals surface area contributed by atoms with Gasteiger partial charge in [-0.1, -0.05) is 30.3 Å². The summed E-state index contributed by atoms with van der Waals surface area (Å²) in [5.74, 6) is 0. The van der Waals surface area contributed by atoms with Crippen molar-refractivity contribution in [3.63, 3.8) is 0 Å². The molecule has 0 aromatic heterocycles. The molecule has 2 aliphatic rings. The van der Waals surface area contributed by atoms with Gasteiger partial charge in [-0.15, -0.1) is 12.4 Å². The minimum Gasteiger partial charge on any atom is -0.378 e. The Kier molecular flexibility index (Phi) is 6.26. The zero-order valence-electron chi connectivity index (χ0n) is 11.7. The van der Waals surface area contributed by atoms with E-state index in [-0.39, 0.29) is 12.4 Å². The van der Waals surface area contributed by atoms with E-state index in [0.29, 0.717) is 18.7 Å². The summed E-state index contributed by atoms with van der Waals surface area (Å²) in [6.45, 7) is 6.35. The van der Waals surface area contributed by atoms with Crippen LogP contribution in [0.2, 0.25) is 0 Å². The van der Waals surface area contributed by atoms with E-state index in [1.54, 1.807) is 0 Å². The summed E-state index contributed by atoms with van der Waals surface area (Å²) in [7, 11) is 0. The van der Waals surface area contributed by atoms with Crippen molar-refractivity contribution < 1.29 is 9.47 Å². The molecule has 0 bridgehead atoms. The Labute approximate surface area is 126 Å². The average Bonchev–Trinajstić information content (AvgIpc) is 2.48. The molecule has 1 aromatic carbocycles. The maximum atomic E-state index is 5.82. The Morgan fingerprint density at radius 2 is 2.15 bits per heavy atom. The summed E-state index contributed by atoms with van der Waals surface area (Å²) in [6, 6.07) is 11.3. The molecule has 5 heteroatoms. The van der Waals surface area contributed by atoms with Gasteiger partial charge in [0.05, 0.1) is 26.4 Å². The predicted molar refractivity (Wildman–Crippen MR) is 81.3 cm³/mol. The maximum absolute atomic E-state index is 5.82. The van der Waals surface area contributed by atoms with E-state index in [0.717, 1.165) is 39.5 Å². The molecule has 2 aliphatic heterocycles. The highest BCUT2D eigenvalue weighted by Crippen LogP contribution is 2.12. The minimum atomic E-state index is 0. The standard InChI is InChI=1S/C15H22N2O2.ClH/c1-2-4-13(5-3-1)10-19-11-14-9-17-6-7-18-12-15(17)8-16-14;/h1-5,14-16H,6-12H2;1H. The molecule has 3 rings (SSSR count). The van der Waals surface area contributed by atoms with Crippen molar-refractivity contribution in [1.29, 1.82) is 0 Å². The van der Waals surface area contributed by atoms with E-state index >= 15 is 0 Å². The first kappa shape index (κ1) is 15.7. The fourth-order valence-corrected chi connectivity index (χ4v) is 2.77. The molecule has 0 aliphatic carbocycles. The summed E-state index contributed by atoms with van der Waals surface area (Å²) in [5.41, 5.74) is 1.24. The third-order valence-electron chi connectivity index (χ3n) is 3.88. The lowest BCUT2D eigenvalue weighted by Gasteiger charge is -2.42. The quantitative estimate of drug-likeness (QED) is 0.908. The number of piperazine rings is 1. The maximum Gasteiger partial charge on any atom is 0.0717 e. The molecule has 2 saturated heterocycles. The van der Waals surface area contributed by atoms with Crippen LogP contribution in [0.25, 0.3) is 0 Å². The van der Waals surface area contributed by atoms with Crippen molar-refractivity contribution in [2.75, 3.05) is 39.5 Å². The Morgan fingerprint density at radius 3 is 3.00 bits per heavy atom. The van der Waals surface area contributed by atoms with Gasteiger partial charge in [0.1, 0.15) is 0 Å². The molecule has 0 spiro atoms. The smallest absolute Gasteiger partial charge is 0.0717 e. The Bertz CT molecular complexity index is 391. The minimum absolute atomic E-state index is 0. The SMILES string of the molecule is Cl.c1ccc(COCC2CN3CCOCC3CN2)cc1.